The zero-order valence-corrected chi connectivity index (χ0v) is 19.5. The van der Waals surface area contributed by atoms with Gasteiger partial charge in [-0.25, -0.2) is 9.59 Å². The van der Waals surface area contributed by atoms with Crippen LogP contribution in [0.5, 0.6) is 0 Å². The molecule has 2 aliphatic heterocycles. The van der Waals surface area contributed by atoms with E-state index in [1.165, 1.54) is 4.90 Å². The lowest BCUT2D eigenvalue weighted by Gasteiger charge is -2.38. The number of carboxylic acid groups (broad SMARTS) is 1. The number of fused-ring (bicyclic) bond motifs is 4. The van der Waals surface area contributed by atoms with Crippen molar-refractivity contribution >= 4 is 18.0 Å². The summed E-state index contributed by atoms with van der Waals surface area (Å²) < 4.78 is 5.65. The predicted octanol–water partition coefficient (Wildman–Crippen LogP) is 4.02. The third-order valence-electron chi connectivity index (χ3n) is 7.76. The van der Waals surface area contributed by atoms with Gasteiger partial charge < -0.3 is 20.1 Å². The van der Waals surface area contributed by atoms with Gasteiger partial charge in [0.15, 0.2) is 0 Å². The Hall–Kier alpha value is -3.35. The molecule has 0 spiro atoms. The number of rotatable bonds is 7. The molecule has 2 N–H and O–H groups in total. The number of carboxylic acids is 1. The number of nitrogens with zero attached hydrogens (tertiary/aromatic N) is 1. The van der Waals surface area contributed by atoms with E-state index in [2.05, 4.69) is 29.6 Å². The highest BCUT2D eigenvalue weighted by Crippen LogP contribution is 2.51. The molecule has 1 saturated carbocycles. The van der Waals surface area contributed by atoms with Crippen LogP contribution < -0.4 is 5.32 Å². The van der Waals surface area contributed by atoms with Crippen molar-refractivity contribution in [1.29, 1.82) is 0 Å². The van der Waals surface area contributed by atoms with Crippen molar-refractivity contribution in [2.75, 3.05) is 13.2 Å². The smallest absolute Gasteiger partial charge is 0.407 e. The number of hydrogen-bond donors (Lipinski definition) is 2. The molecule has 2 aromatic carbocycles. The highest BCUT2D eigenvalue weighted by Gasteiger charge is 2.62. The molecule has 0 unspecified atom stereocenters. The molecule has 2 aromatic rings. The maximum atomic E-state index is 13.0. The predicted molar refractivity (Wildman–Crippen MR) is 126 cm³/mol. The van der Waals surface area contributed by atoms with Crippen molar-refractivity contribution < 1.29 is 24.2 Å². The number of nitrogens with one attached hydrogen (secondary N) is 1. The SMILES string of the molecule is CC(C)[C@@H](CC(=O)N1CC2CC1(C(=O)O)C2)NC(=O)OCC1c2ccccc2-c2ccccc21. The fraction of sp³-hybridized carbons (Fsp3) is 0.444. The van der Waals surface area contributed by atoms with Gasteiger partial charge in [-0.3, -0.25) is 4.79 Å². The molecule has 2 heterocycles. The van der Waals surface area contributed by atoms with Gasteiger partial charge in [0.25, 0.3) is 0 Å². The average molecular weight is 463 g/mol. The zero-order valence-electron chi connectivity index (χ0n) is 19.5. The number of carbonyl (C=O) groups is 3. The lowest BCUT2D eigenvalue weighted by molar-refractivity contribution is -0.158. The monoisotopic (exact) mass is 462 g/mol. The van der Waals surface area contributed by atoms with Crippen molar-refractivity contribution in [2.24, 2.45) is 11.8 Å². The van der Waals surface area contributed by atoms with Crippen molar-refractivity contribution in [2.45, 2.75) is 50.6 Å². The van der Waals surface area contributed by atoms with Crippen LogP contribution in [0.25, 0.3) is 11.1 Å². The summed E-state index contributed by atoms with van der Waals surface area (Å²) in [5, 5.41) is 12.5. The van der Waals surface area contributed by atoms with Crippen LogP contribution in [0.2, 0.25) is 0 Å². The summed E-state index contributed by atoms with van der Waals surface area (Å²) in [5.41, 5.74) is 3.55. The van der Waals surface area contributed by atoms with Gasteiger partial charge in [0.05, 0.1) is 0 Å². The molecule has 2 amide bonds. The summed E-state index contributed by atoms with van der Waals surface area (Å²) in [4.78, 5) is 39.0. The van der Waals surface area contributed by atoms with E-state index in [4.69, 9.17) is 4.74 Å². The van der Waals surface area contributed by atoms with Gasteiger partial charge in [0.1, 0.15) is 12.1 Å². The minimum absolute atomic E-state index is 0.0113. The zero-order chi connectivity index (χ0) is 24.0. The number of amides is 2. The summed E-state index contributed by atoms with van der Waals surface area (Å²) in [6.45, 7) is 4.55. The second-order valence-corrected chi connectivity index (χ2v) is 10.1. The van der Waals surface area contributed by atoms with Crippen LogP contribution in [0.3, 0.4) is 0 Å². The molecule has 7 heteroatoms. The minimum atomic E-state index is -1.05. The maximum Gasteiger partial charge on any atom is 0.407 e. The normalized spacial score (nSPS) is 23.1. The molecule has 2 bridgehead atoms. The standard InChI is InChI=1S/C27H30N2O5/c1-16(2)23(11-24(30)29-14-17-12-27(29,13-17)25(31)32)28-26(33)34-15-22-20-9-5-3-7-18(20)19-8-4-6-10-21(19)22/h3-10,16-17,22-23H,11-15H2,1-2H3,(H,28,33)(H,31,32)/t17?,23-,27?/m1/s1. The molecule has 178 valence electrons. The van der Waals surface area contributed by atoms with Crippen LogP contribution in [0.4, 0.5) is 4.79 Å². The van der Waals surface area contributed by atoms with Crippen molar-refractivity contribution in [3.8, 4) is 11.1 Å². The first kappa shape index (κ1) is 22.4. The Morgan fingerprint density at radius 3 is 2.21 bits per heavy atom. The van der Waals surface area contributed by atoms with Crippen LogP contribution in [0.1, 0.15) is 50.2 Å². The highest BCUT2D eigenvalue weighted by molar-refractivity contribution is 5.90. The second kappa shape index (κ2) is 8.46. The first-order valence-corrected chi connectivity index (χ1v) is 12.0. The third kappa shape index (κ3) is 3.63. The molecule has 0 aromatic heterocycles. The Labute approximate surface area is 199 Å². The number of aliphatic carboxylic acids is 1. The Morgan fingerprint density at radius 1 is 1.06 bits per heavy atom. The third-order valence-corrected chi connectivity index (χ3v) is 7.76. The summed E-state index contributed by atoms with van der Waals surface area (Å²) in [6, 6.07) is 15.9. The largest absolute Gasteiger partial charge is 0.479 e. The average Bonchev–Trinajstić information content (AvgIpc) is 3.46. The van der Waals surface area contributed by atoms with E-state index in [0.29, 0.717) is 19.4 Å². The summed E-state index contributed by atoms with van der Waals surface area (Å²) in [7, 11) is 0. The second-order valence-electron chi connectivity index (χ2n) is 10.1. The Morgan fingerprint density at radius 2 is 1.65 bits per heavy atom. The maximum absolute atomic E-state index is 13.0. The first-order chi connectivity index (χ1) is 16.3. The van der Waals surface area contributed by atoms with Crippen LogP contribution in [0.15, 0.2) is 48.5 Å². The van der Waals surface area contributed by atoms with Crippen molar-refractivity contribution in [1.82, 2.24) is 10.2 Å². The van der Waals surface area contributed by atoms with Gasteiger partial charge in [-0.1, -0.05) is 62.4 Å². The highest BCUT2D eigenvalue weighted by atomic mass is 16.5. The topological polar surface area (TPSA) is 95.9 Å². The van der Waals surface area contributed by atoms with E-state index in [0.717, 1.165) is 22.3 Å². The summed E-state index contributed by atoms with van der Waals surface area (Å²) in [6.07, 6.45) is 0.552. The summed E-state index contributed by atoms with van der Waals surface area (Å²) in [5.74, 6) is -0.931. The Balaban J connectivity index is 1.22. The van der Waals surface area contributed by atoms with E-state index in [1.807, 2.05) is 38.1 Å². The van der Waals surface area contributed by atoms with Crippen molar-refractivity contribution in [3.05, 3.63) is 59.7 Å². The fourth-order valence-electron chi connectivity index (χ4n) is 5.85. The first-order valence-electron chi connectivity index (χ1n) is 12.0. The molecule has 2 aliphatic carbocycles. The molecule has 4 aliphatic rings. The molecule has 1 atom stereocenters. The molecular weight excluding hydrogens is 432 g/mol. The number of alkyl carbamates (subject to hydrolysis) is 1. The molecule has 6 rings (SSSR count). The van der Waals surface area contributed by atoms with Gasteiger partial charge in [-0.05, 0) is 46.9 Å². The Bertz CT molecular complexity index is 1090. The van der Waals surface area contributed by atoms with E-state index < -0.39 is 23.6 Å². The molecule has 7 nitrogen and oxygen atoms in total. The molecule has 3 fully saturated rings. The number of benzene rings is 2. The van der Waals surface area contributed by atoms with E-state index in [9.17, 15) is 19.5 Å². The Kier molecular flexibility index (Phi) is 5.58. The van der Waals surface area contributed by atoms with E-state index in [1.54, 1.807) is 0 Å². The van der Waals surface area contributed by atoms with Crippen LogP contribution in [-0.4, -0.2) is 52.7 Å². The lowest BCUT2D eigenvalue weighted by atomic mass is 9.73. The quantitative estimate of drug-likeness (QED) is 0.648. The molecule has 2 saturated heterocycles. The van der Waals surface area contributed by atoms with Gasteiger partial charge in [0.2, 0.25) is 5.91 Å². The minimum Gasteiger partial charge on any atom is -0.479 e. The van der Waals surface area contributed by atoms with E-state index in [-0.39, 0.29) is 36.7 Å². The lowest BCUT2D eigenvalue weighted by Crippen LogP contribution is -2.55. The van der Waals surface area contributed by atoms with Crippen LogP contribution in [-0.2, 0) is 14.3 Å². The van der Waals surface area contributed by atoms with Gasteiger partial charge in [-0.15, -0.1) is 0 Å². The van der Waals surface area contributed by atoms with Crippen LogP contribution in [0, 0.1) is 11.8 Å². The number of hydrogen-bond acceptors (Lipinski definition) is 4. The molecule has 34 heavy (non-hydrogen) atoms. The number of carbonyl (C=O) groups excluding carboxylic acids is 2. The molecular formula is C27H30N2O5. The number of ether oxygens (including phenoxy) is 1. The van der Waals surface area contributed by atoms with Gasteiger partial charge in [-0.2, -0.15) is 0 Å². The van der Waals surface area contributed by atoms with Gasteiger partial charge >= 0.3 is 12.1 Å². The van der Waals surface area contributed by atoms with Gasteiger partial charge in [0, 0.05) is 24.9 Å². The van der Waals surface area contributed by atoms with E-state index >= 15 is 0 Å². The summed E-state index contributed by atoms with van der Waals surface area (Å²) >= 11 is 0. The molecule has 0 radical (unpaired) electrons. The fourth-order valence-corrected chi connectivity index (χ4v) is 5.85. The van der Waals surface area contributed by atoms with Crippen molar-refractivity contribution in [3.63, 3.8) is 0 Å². The van der Waals surface area contributed by atoms with Crippen LogP contribution >= 0.6 is 0 Å².